The molecule has 0 aromatic heterocycles. The SMILES string of the molecule is O=C(c1ccc(O)cc1)C1CCN(C(=O)C2CC2[N+](=O)[O-])CC1. The van der Waals surface area contributed by atoms with Crippen molar-refractivity contribution in [1.82, 2.24) is 4.90 Å². The quantitative estimate of drug-likeness (QED) is 0.515. The molecule has 2 fully saturated rings. The van der Waals surface area contributed by atoms with Crippen molar-refractivity contribution in [3.8, 4) is 5.75 Å². The lowest BCUT2D eigenvalue weighted by molar-refractivity contribution is -0.497. The van der Waals surface area contributed by atoms with Gasteiger partial charge in [-0.2, -0.15) is 0 Å². The Bertz CT molecular complexity index is 634. The minimum atomic E-state index is -0.723. The molecule has 2 unspecified atom stereocenters. The van der Waals surface area contributed by atoms with E-state index in [0.717, 1.165) is 0 Å². The molecule has 1 aliphatic heterocycles. The van der Waals surface area contributed by atoms with E-state index in [-0.39, 0.29) is 28.3 Å². The van der Waals surface area contributed by atoms with Crippen molar-refractivity contribution in [2.24, 2.45) is 11.8 Å². The van der Waals surface area contributed by atoms with Gasteiger partial charge in [0, 0.05) is 35.9 Å². The number of hydrogen-bond acceptors (Lipinski definition) is 5. The Balaban J connectivity index is 1.54. The fraction of sp³-hybridized carbons (Fsp3) is 0.500. The average molecular weight is 318 g/mol. The van der Waals surface area contributed by atoms with E-state index in [2.05, 4.69) is 0 Å². The van der Waals surface area contributed by atoms with Crippen LogP contribution in [0.3, 0.4) is 0 Å². The molecule has 1 aromatic carbocycles. The van der Waals surface area contributed by atoms with E-state index < -0.39 is 12.0 Å². The number of nitrogens with zero attached hydrogens (tertiary/aromatic N) is 2. The van der Waals surface area contributed by atoms with Crippen LogP contribution in [-0.4, -0.2) is 45.8 Å². The normalized spacial score (nSPS) is 24.3. The fourth-order valence-electron chi connectivity index (χ4n) is 3.14. The Labute approximate surface area is 133 Å². The highest BCUT2D eigenvalue weighted by Gasteiger charge is 2.54. The van der Waals surface area contributed by atoms with E-state index in [9.17, 15) is 24.8 Å². The van der Waals surface area contributed by atoms with Gasteiger partial charge in [0.05, 0.1) is 0 Å². The highest BCUT2D eigenvalue weighted by atomic mass is 16.6. The van der Waals surface area contributed by atoms with Crippen LogP contribution in [0.25, 0.3) is 0 Å². The molecule has 23 heavy (non-hydrogen) atoms. The summed E-state index contributed by atoms with van der Waals surface area (Å²) >= 11 is 0. The predicted molar refractivity (Wildman–Crippen MR) is 80.6 cm³/mol. The van der Waals surface area contributed by atoms with Gasteiger partial charge in [0.15, 0.2) is 5.78 Å². The van der Waals surface area contributed by atoms with Crippen LogP contribution in [0.5, 0.6) is 5.75 Å². The molecule has 122 valence electrons. The smallest absolute Gasteiger partial charge is 0.232 e. The molecule has 2 atom stereocenters. The van der Waals surface area contributed by atoms with Crippen molar-refractivity contribution in [3.63, 3.8) is 0 Å². The number of carbonyl (C=O) groups excluding carboxylic acids is 2. The molecule has 1 saturated carbocycles. The molecule has 0 spiro atoms. The minimum absolute atomic E-state index is 0.0201. The van der Waals surface area contributed by atoms with E-state index in [1.54, 1.807) is 17.0 Å². The summed E-state index contributed by atoms with van der Waals surface area (Å²) in [7, 11) is 0. The van der Waals surface area contributed by atoms with Gasteiger partial charge < -0.3 is 10.0 Å². The minimum Gasteiger partial charge on any atom is -0.508 e. The number of amides is 1. The molecule has 1 aromatic rings. The summed E-state index contributed by atoms with van der Waals surface area (Å²) in [6, 6.07) is 5.44. The largest absolute Gasteiger partial charge is 0.508 e. The molecule has 3 rings (SSSR count). The van der Waals surface area contributed by atoms with Gasteiger partial charge in [-0.15, -0.1) is 0 Å². The topological polar surface area (TPSA) is 101 Å². The lowest BCUT2D eigenvalue weighted by Gasteiger charge is -2.31. The maximum Gasteiger partial charge on any atom is 0.232 e. The summed E-state index contributed by atoms with van der Waals surface area (Å²) in [4.78, 5) is 36.5. The highest BCUT2D eigenvalue weighted by Crippen LogP contribution is 2.36. The summed E-state index contributed by atoms with van der Waals surface area (Å²) in [6.45, 7) is 0.933. The second kappa shape index (κ2) is 5.98. The third kappa shape index (κ3) is 3.18. The summed E-state index contributed by atoms with van der Waals surface area (Å²) in [5.74, 6) is -0.635. The zero-order valence-corrected chi connectivity index (χ0v) is 12.6. The summed E-state index contributed by atoms with van der Waals surface area (Å²) < 4.78 is 0. The van der Waals surface area contributed by atoms with Gasteiger partial charge in [0.25, 0.3) is 0 Å². The van der Waals surface area contributed by atoms with Crippen LogP contribution in [0.4, 0.5) is 0 Å². The lowest BCUT2D eigenvalue weighted by Crippen LogP contribution is -2.41. The zero-order chi connectivity index (χ0) is 16.6. The maximum atomic E-state index is 12.4. The van der Waals surface area contributed by atoms with E-state index in [0.29, 0.717) is 37.9 Å². The molecule has 7 nitrogen and oxygen atoms in total. The highest BCUT2D eigenvalue weighted by molar-refractivity contribution is 5.98. The number of nitro groups is 1. The monoisotopic (exact) mass is 318 g/mol. The van der Waals surface area contributed by atoms with Gasteiger partial charge in [0.1, 0.15) is 11.7 Å². The molecule has 1 aliphatic carbocycles. The number of likely N-dealkylation sites (tertiary alicyclic amines) is 1. The second-order valence-electron chi connectivity index (χ2n) is 6.21. The van der Waals surface area contributed by atoms with Crippen LogP contribution in [-0.2, 0) is 4.79 Å². The first kappa shape index (κ1) is 15.5. The Kier molecular flexibility index (Phi) is 4.02. The van der Waals surface area contributed by atoms with E-state index >= 15 is 0 Å². The number of benzene rings is 1. The average Bonchev–Trinajstić information content (AvgIpc) is 3.35. The standard InChI is InChI=1S/C16H18N2O5/c19-12-3-1-10(2-4-12)15(20)11-5-7-17(8-6-11)16(21)13-9-14(13)18(22)23/h1-4,11,13-14,19H,5-9H2. The van der Waals surface area contributed by atoms with E-state index in [1.807, 2.05) is 0 Å². The van der Waals surface area contributed by atoms with Crippen molar-refractivity contribution in [1.29, 1.82) is 0 Å². The fourth-order valence-corrected chi connectivity index (χ4v) is 3.14. The number of aromatic hydroxyl groups is 1. The third-order valence-electron chi connectivity index (χ3n) is 4.67. The van der Waals surface area contributed by atoms with E-state index in [1.165, 1.54) is 12.1 Å². The van der Waals surface area contributed by atoms with Crippen molar-refractivity contribution < 1.29 is 19.6 Å². The number of phenols is 1. The molecule has 1 amide bonds. The molecule has 1 heterocycles. The number of Topliss-reactive ketones (excluding diaryl/α,β-unsaturated/α-hetero) is 1. The van der Waals surface area contributed by atoms with E-state index in [4.69, 9.17) is 0 Å². The number of phenolic OH excluding ortho intramolecular Hbond substituents is 1. The molecule has 2 aliphatic rings. The summed E-state index contributed by atoms with van der Waals surface area (Å²) in [5.41, 5.74) is 0.559. The molecule has 0 bridgehead atoms. The van der Waals surface area contributed by atoms with Crippen LogP contribution in [0, 0.1) is 22.0 Å². The molecule has 0 radical (unpaired) electrons. The number of hydrogen-bond donors (Lipinski definition) is 1. The van der Waals surface area contributed by atoms with Gasteiger partial charge in [-0.3, -0.25) is 19.7 Å². The third-order valence-corrected chi connectivity index (χ3v) is 4.67. The summed E-state index contributed by atoms with van der Waals surface area (Å²) in [6.07, 6.45) is 1.47. The van der Waals surface area contributed by atoms with Crippen molar-refractivity contribution in [2.45, 2.75) is 25.3 Å². The Hall–Kier alpha value is -2.44. The van der Waals surface area contributed by atoms with Crippen molar-refractivity contribution in [3.05, 3.63) is 39.9 Å². The maximum absolute atomic E-state index is 12.4. The van der Waals surface area contributed by atoms with Crippen LogP contribution < -0.4 is 0 Å². The Morgan fingerprint density at radius 2 is 1.78 bits per heavy atom. The van der Waals surface area contributed by atoms with Gasteiger partial charge in [0.2, 0.25) is 11.9 Å². The predicted octanol–water partition coefficient (Wildman–Crippen LogP) is 1.48. The first-order chi connectivity index (χ1) is 11.0. The summed E-state index contributed by atoms with van der Waals surface area (Å²) in [5, 5.41) is 19.9. The van der Waals surface area contributed by atoms with Gasteiger partial charge in [-0.25, -0.2) is 0 Å². The molecular weight excluding hydrogens is 300 g/mol. The number of piperidine rings is 1. The lowest BCUT2D eigenvalue weighted by atomic mass is 9.88. The van der Waals surface area contributed by atoms with Crippen LogP contribution in [0.2, 0.25) is 0 Å². The second-order valence-corrected chi connectivity index (χ2v) is 6.21. The van der Waals surface area contributed by atoms with Gasteiger partial charge in [-0.05, 0) is 37.1 Å². The molecule has 1 saturated heterocycles. The number of ketones is 1. The number of rotatable bonds is 4. The first-order valence-corrected chi connectivity index (χ1v) is 7.73. The van der Waals surface area contributed by atoms with Crippen LogP contribution >= 0.6 is 0 Å². The molecule has 1 N–H and O–H groups in total. The van der Waals surface area contributed by atoms with Crippen molar-refractivity contribution in [2.75, 3.05) is 13.1 Å². The Morgan fingerprint density at radius 3 is 2.30 bits per heavy atom. The van der Waals surface area contributed by atoms with Crippen LogP contribution in [0.15, 0.2) is 24.3 Å². The molecule has 7 heteroatoms. The molecular formula is C16H18N2O5. The zero-order valence-electron chi connectivity index (χ0n) is 12.6. The first-order valence-electron chi connectivity index (χ1n) is 7.73. The van der Waals surface area contributed by atoms with Crippen molar-refractivity contribution >= 4 is 11.7 Å². The number of carbonyl (C=O) groups is 2. The van der Waals surface area contributed by atoms with Gasteiger partial charge in [-0.1, -0.05) is 0 Å². The Morgan fingerprint density at radius 1 is 1.17 bits per heavy atom. The van der Waals surface area contributed by atoms with Gasteiger partial charge >= 0.3 is 0 Å². The van der Waals surface area contributed by atoms with Crippen LogP contribution in [0.1, 0.15) is 29.6 Å².